The van der Waals surface area contributed by atoms with E-state index in [9.17, 15) is 0 Å². The van der Waals surface area contributed by atoms with Crippen molar-refractivity contribution in [2.45, 2.75) is 13.3 Å². The summed E-state index contributed by atoms with van der Waals surface area (Å²) in [7, 11) is 0. The van der Waals surface area contributed by atoms with Crippen molar-refractivity contribution in [3.8, 4) is 0 Å². The van der Waals surface area contributed by atoms with Gasteiger partial charge in [0.1, 0.15) is 0 Å². The number of hydrogen-bond donors (Lipinski definition) is 1. The zero-order chi connectivity index (χ0) is 9.80. The SMILES string of the molecule is CCN1CCN(/C=C2\CCNC2)CC1. The Balaban J connectivity index is 1.80. The Bertz CT molecular complexity index is 197. The highest BCUT2D eigenvalue weighted by molar-refractivity contribution is 5.08. The Kier molecular flexibility index (Phi) is 3.43. The second-order valence-corrected chi connectivity index (χ2v) is 4.18. The number of piperazine rings is 1. The molecule has 0 amide bonds. The maximum Gasteiger partial charge on any atom is 0.0300 e. The van der Waals surface area contributed by atoms with E-state index in [1.54, 1.807) is 5.57 Å². The summed E-state index contributed by atoms with van der Waals surface area (Å²) < 4.78 is 0. The van der Waals surface area contributed by atoms with Gasteiger partial charge in [-0.25, -0.2) is 0 Å². The lowest BCUT2D eigenvalue weighted by atomic mass is 10.2. The van der Waals surface area contributed by atoms with Crippen molar-refractivity contribution in [3.05, 3.63) is 11.8 Å². The van der Waals surface area contributed by atoms with E-state index in [0.29, 0.717) is 0 Å². The van der Waals surface area contributed by atoms with E-state index >= 15 is 0 Å². The largest absolute Gasteiger partial charge is 0.375 e. The summed E-state index contributed by atoms with van der Waals surface area (Å²) in [5, 5.41) is 3.38. The maximum atomic E-state index is 3.38. The summed E-state index contributed by atoms with van der Waals surface area (Å²) >= 11 is 0. The van der Waals surface area contributed by atoms with E-state index < -0.39 is 0 Å². The molecule has 3 heteroatoms. The minimum Gasteiger partial charge on any atom is -0.375 e. The second kappa shape index (κ2) is 4.80. The third-order valence-corrected chi connectivity index (χ3v) is 3.19. The summed E-state index contributed by atoms with van der Waals surface area (Å²) in [6, 6.07) is 0. The quantitative estimate of drug-likeness (QED) is 0.692. The van der Waals surface area contributed by atoms with Gasteiger partial charge in [-0.1, -0.05) is 6.92 Å². The van der Waals surface area contributed by atoms with Crippen LogP contribution in [0.4, 0.5) is 0 Å². The smallest absolute Gasteiger partial charge is 0.0300 e. The van der Waals surface area contributed by atoms with Crippen LogP contribution in [0.2, 0.25) is 0 Å². The highest BCUT2D eigenvalue weighted by atomic mass is 15.2. The Morgan fingerprint density at radius 2 is 2.07 bits per heavy atom. The average molecular weight is 195 g/mol. The maximum absolute atomic E-state index is 3.38. The van der Waals surface area contributed by atoms with Crippen molar-refractivity contribution >= 4 is 0 Å². The van der Waals surface area contributed by atoms with E-state index in [1.165, 1.54) is 45.7 Å². The van der Waals surface area contributed by atoms with Gasteiger partial charge >= 0.3 is 0 Å². The first-order valence-corrected chi connectivity index (χ1v) is 5.75. The lowest BCUT2D eigenvalue weighted by molar-refractivity contribution is 0.174. The van der Waals surface area contributed by atoms with Crippen LogP contribution in [0.25, 0.3) is 0 Å². The first-order valence-electron chi connectivity index (χ1n) is 5.75. The van der Waals surface area contributed by atoms with Crippen LogP contribution >= 0.6 is 0 Å². The third kappa shape index (κ3) is 2.49. The summed E-state index contributed by atoms with van der Waals surface area (Å²) in [5.74, 6) is 0. The van der Waals surface area contributed by atoms with Crippen molar-refractivity contribution in [2.75, 3.05) is 45.8 Å². The van der Waals surface area contributed by atoms with Crippen LogP contribution in [-0.2, 0) is 0 Å². The van der Waals surface area contributed by atoms with Crippen molar-refractivity contribution in [2.24, 2.45) is 0 Å². The van der Waals surface area contributed by atoms with Gasteiger partial charge in [0.25, 0.3) is 0 Å². The van der Waals surface area contributed by atoms with Crippen LogP contribution < -0.4 is 5.32 Å². The molecule has 0 aromatic rings. The first-order chi connectivity index (χ1) is 6.88. The zero-order valence-electron chi connectivity index (χ0n) is 9.13. The summed E-state index contributed by atoms with van der Waals surface area (Å²) in [5.41, 5.74) is 1.58. The predicted molar refractivity (Wildman–Crippen MR) is 59.3 cm³/mol. The van der Waals surface area contributed by atoms with E-state index in [4.69, 9.17) is 0 Å². The molecule has 0 spiro atoms. The normalized spacial score (nSPS) is 27.5. The molecule has 0 aromatic carbocycles. The molecule has 80 valence electrons. The highest BCUT2D eigenvalue weighted by Gasteiger charge is 2.14. The molecule has 0 aromatic heterocycles. The van der Waals surface area contributed by atoms with Gasteiger partial charge in [0.05, 0.1) is 0 Å². The monoisotopic (exact) mass is 195 g/mol. The summed E-state index contributed by atoms with van der Waals surface area (Å²) in [6.45, 7) is 10.6. The van der Waals surface area contributed by atoms with Crippen LogP contribution in [0.15, 0.2) is 11.8 Å². The van der Waals surface area contributed by atoms with Crippen LogP contribution in [0.1, 0.15) is 13.3 Å². The van der Waals surface area contributed by atoms with Crippen molar-refractivity contribution < 1.29 is 0 Å². The minimum atomic E-state index is 1.11. The zero-order valence-corrected chi connectivity index (χ0v) is 9.13. The van der Waals surface area contributed by atoms with Gasteiger partial charge in [-0.3, -0.25) is 0 Å². The molecule has 2 fully saturated rings. The van der Waals surface area contributed by atoms with Gasteiger partial charge < -0.3 is 15.1 Å². The van der Waals surface area contributed by atoms with Gasteiger partial charge in [0, 0.05) is 32.7 Å². The molecule has 2 heterocycles. The summed E-state index contributed by atoms with van der Waals surface area (Å²) in [6.07, 6.45) is 3.63. The molecular formula is C11H21N3. The molecule has 14 heavy (non-hydrogen) atoms. The lowest BCUT2D eigenvalue weighted by Gasteiger charge is -2.33. The molecule has 0 aliphatic carbocycles. The van der Waals surface area contributed by atoms with Crippen LogP contribution in [0.5, 0.6) is 0 Å². The van der Waals surface area contributed by atoms with E-state index in [1.807, 2.05) is 0 Å². The molecule has 0 atom stereocenters. The van der Waals surface area contributed by atoms with Gasteiger partial charge in [-0.05, 0) is 31.3 Å². The second-order valence-electron chi connectivity index (χ2n) is 4.18. The number of nitrogens with zero attached hydrogens (tertiary/aromatic N) is 2. The minimum absolute atomic E-state index is 1.11. The van der Waals surface area contributed by atoms with Gasteiger partial charge in [0.2, 0.25) is 0 Å². The van der Waals surface area contributed by atoms with Gasteiger partial charge in [-0.15, -0.1) is 0 Å². The third-order valence-electron chi connectivity index (χ3n) is 3.19. The molecule has 0 saturated carbocycles. The lowest BCUT2D eigenvalue weighted by Crippen LogP contribution is -2.43. The van der Waals surface area contributed by atoms with E-state index in [-0.39, 0.29) is 0 Å². The van der Waals surface area contributed by atoms with E-state index in [2.05, 4.69) is 28.2 Å². The van der Waals surface area contributed by atoms with Crippen LogP contribution in [0, 0.1) is 0 Å². The Morgan fingerprint density at radius 3 is 2.64 bits per heavy atom. The van der Waals surface area contributed by atoms with Gasteiger partial charge in [-0.2, -0.15) is 0 Å². The summed E-state index contributed by atoms with van der Waals surface area (Å²) in [4.78, 5) is 5.00. The molecule has 0 unspecified atom stereocenters. The topological polar surface area (TPSA) is 18.5 Å². The van der Waals surface area contributed by atoms with E-state index in [0.717, 1.165) is 6.54 Å². The molecule has 3 nitrogen and oxygen atoms in total. The van der Waals surface area contributed by atoms with Crippen LogP contribution in [-0.4, -0.2) is 55.6 Å². The van der Waals surface area contributed by atoms with Crippen molar-refractivity contribution in [1.82, 2.24) is 15.1 Å². The fraction of sp³-hybridized carbons (Fsp3) is 0.818. The van der Waals surface area contributed by atoms with Crippen LogP contribution in [0.3, 0.4) is 0 Å². The fourth-order valence-electron chi connectivity index (χ4n) is 2.16. The first kappa shape index (κ1) is 9.99. The van der Waals surface area contributed by atoms with Gasteiger partial charge in [0.15, 0.2) is 0 Å². The Morgan fingerprint density at radius 1 is 1.29 bits per heavy atom. The molecule has 0 radical (unpaired) electrons. The Hall–Kier alpha value is -0.540. The molecule has 2 aliphatic rings. The molecule has 2 saturated heterocycles. The molecular weight excluding hydrogens is 174 g/mol. The fourth-order valence-corrected chi connectivity index (χ4v) is 2.16. The highest BCUT2D eigenvalue weighted by Crippen LogP contribution is 2.09. The molecule has 2 aliphatic heterocycles. The standard InChI is InChI=1S/C11H21N3/c1-2-13-5-7-14(8-6-13)10-11-3-4-12-9-11/h10,12H,2-9H2,1H3/b11-10+. The van der Waals surface area contributed by atoms with Crippen molar-refractivity contribution in [1.29, 1.82) is 0 Å². The Labute approximate surface area is 86.8 Å². The molecule has 1 N–H and O–H groups in total. The van der Waals surface area contributed by atoms with Crippen molar-refractivity contribution in [3.63, 3.8) is 0 Å². The average Bonchev–Trinajstić information content (AvgIpc) is 2.72. The number of hydrogen-bond acceptors (Lipinski definition) is 3. The molecule has 2 rings (SSSR count). The number of likely N-dealkylation sites (N-methyl/N-ethyl adjacent to an activating group) is 1. The predicted octanol–water partition coefficient (Wildman–Crippen LogP) is 0.501. The number of rotatable bonds is 2. The number of nitrogens with one attached hydrogen (secondary N) is 1. The molecule has 0 bridgehead atoms.